The molecule has 0 atom stereocenters. The summed E-state index contributed by atoms with van der Waals surface area (Å²) in [6.07, 6.45) is 2.61. The van der Waals surface area contributed by atoms with E-state index in [4.69, 9.17) is 5.10 Å². The van der Waals surface area contributed by atoms with Gasteiger partial charge in [0.2, 0.25) is 0 Å². The molecule has 0 spiro atoms. The van der Waals surface area contributed by atoms with E-state index in [1.807, 2.05) is 41.2 Å². The van der Waals surface area contributed by atoms with E-state index in [0.717, 1.165) is 22.5 Å². The molecule has 0 bridgehead atoms. The summed E-state index contributed by atoms with van der Waals surface area (Å²) in [5.41, 5.74) is 4.58. The first-order chi connectivity index (χ1) is 13.4. The van der Waals surface area contributed by atoms with Crippen LogP contribution in [-0.2, 0) is 11.3 Å². The number of aromatic nitrogens is 2. The van der Waals surface area contributed by atoms with Crippen LogP contribution in [0.1, 0.15) is 31.4 Å². The van der Waals surface area contributed by atoms with Crippen LogP contribution < -0.4 is 5.32 Å². The molecule has 0 saturated carbocycles. The second-order valence-electron chi connectivity index (χ2n) is 7.76. The van der Waals surface area contributed by atoms with Crippen LogP contribution in [0.5, 0.6) is 0 Å². The number of hydrogen-bond acceptors (Lipinski definition) is 3. The molecule has 146 valence electrons. The van der Waals surface area contributed by atoms with Gasteiger partial charge in [-0.2, -0.15) is 5.10 Å². The lowest BCUT2D eigenvalue weighted by molar-refractivity contribution is -0.147. The van der Waals surface area contributed by atoms with Gasteiger partial charge in [-0.1, -0.05) is 48.0 Å². The fraction of sp³-hybridized carbons (Fsp3) is 0.304. The van der Waals surface area contributed by atoms with Crippen molar-refractivity contribution in [3.63, 3.8) is 0 Å². The number of carbonyl (C=O) groups is 1. The molecule has 1 heterocycles. The largest absolute Gasteiger partial charge is 0.481 e. The number of aliphatic carboxylic acids is 1. The predicted octanol–water partition coefficient (Wildman–Crippen LogP) is 4.44. The van der Waals surface area contributed by atoms with E-state index in [9.17, 15) is 9.90 Å². The molecule has 0 unspecified atom stereocenters. The number of nitrogens with zero attached hydrogens (tertiary/aromatic N) is 2. The first kappa shape index (κ1) is 19.8. The van der Waals surface area contributed by atoms with E-state index in [2.05, 4.69) is 36.5 Å². The number of benzene rings is 2. The van der Waals surface area contributed by atoms with Crippen LogP contribution in [0.3, 0.4) is 0 Å². The Hall–Kier alpha value is -2.92. The fourth-order valence-corrected chi connectivity index (χ4v) is 2.94. The summed E-state index contributed by atoms with van der Waals surface area (Å²) in [7, 11) is 0. The Morgan fingerprint density at radius 2 is 1.79 bits per heavy atom. The lowest BCUT2D eigenvalue weighted by atomic mass is 9.90. The third-order valence-corrected chi connectivity index (χ3v) is 4.96. The molecule has 5 nitrogen and oxygen atoms in total. The zero-order valence-corrected chi connectivity index (χ0v) is 16.6. The van der Waals surface area contributed by atoms with Crippen molar-refractivity contribution in [1.82, 2.24) is 15.1 Å². The maximum Gasteiger partial charge on any atom is 0.309 e. The van der Waals surface area contributed by atoms with Crippen molar-refractivity contribution in [1.29, 1.82) is 0 Å². The zero-order valence-electron chi connectivity index (χ0n) is 16.6. The molecular formula is C23H27N3O2. The van der Waals surface area contributed by atoms with Gasteiger partial charge in [0.05, 0.1) is 16.8 Å². The van der Waals surface area contributed by atoms with E-state index in [0.29, 0.717) is 19.5 Å². The molecule has 2 N–H and O–H groups in total. The molecule has 0 aliphatic rings. The predicted molar refractivity (Wildman–Crippen MR) is 111 cm³/mol. The zero-order chi connectivity index (χ0) is 20.1. The van der Waals surface area contributed by atoms with Gasteiger partial charge < -0.3 is 10.4 Å². The minimum Gasteiger partial charge on any atom is -0.481 e. The molecule has 0 saturated heterocycles. The van der Waals surface area contributed by atoms with Crippen molar-refractivity contribution in [3.8, 4) is 16.9 Å². The van der Waals surface area contributed by atoms with Crippen LogP contribution in [0.25, 0.3) is 16.9 Å². The molecule has 5 heteroatoms. The van der Waals surface area contributed by atoms with Gasteiger partial charge in [0, 0.05) is 23.9 Å². The molecule has 3 aromatic rings. The summed E-state index contributed by atoms with van der Waals surface area (Å²) in [5.74, 6) is -0.772. The average Bonchev–Trinajstić information content (AvgIpc) is 3.10. The summed E-state index contributed by atoms with van der Waals surface area (Å²) in [6.45, 7) is 6.83. The first-order valence-electron chi connectivity index (χ1n) is 9.52. The minimum atomic E-state index is -0.772. The third-order valence-electron chi connectivity index (χ3n) is 4.96. The van der Waals surface area contributed by atoms with Crippen LogP contribution in [-0.4, -0.2) is 27.4 Å². The van der Waals surface area contributed by atoms with Crippen LogP contribution in [0.4, 0.5) is 0 Å². The number of carboxylic acids is 1. The number of carboxylic acid groups (broad SMARTS) is 1. The van der Waals surface area contributed by atoms with Gasteiger partial charge in [-0.3, -0.25) is 4.79 Å². The second-order valence-corrected chi connectivity index (χ2v) is 7.76. The van der Waals surface area contributed by atoms with Crippen LogP contribution >= 0.6 is 0 Å². The quantitative estimate of drug-likeness (QED) is 0.570. The Labute approximate surface area is 166 Å². The summed E-state index contributed by atoms with van der Waals surface area (Å²) in [6, 6.07) is 18.4. The Kier molecular flexibility index (Phi) is 5.95. The minimum absolute atomic E-state index is 0.565. The second kappa shape index (κ2) is 8.40. The van der Waals surface area contributed by atoms with Crippen molar-refractivity contribution in [2.45, 2.75) is 33.7 Å². The number of nitrogens with one attached hydrogen (secondary N) is 1. The van der Waals surface area contributed by atoms with E-state index in [1.165, 1.54) is 5.56 Å². The van der Waals surface area contributed by atoms with Crippen LogP contribution in [0, 0.1) is 12.3 Å². The Morgan fingerprint density at radius 3 is 2.43 bits per heavy atom. The van der Waals surface area contributed by atoms with Gasteiger partial charge >= 0.3 is 5.97 Å². The van der Waals surface area contributed by atoms with Crippen molar-refractivity contribution in [2.75, 3.05) is 6.54 Å². The van der Waals surface area contributed by atoms with Gasteiger partial charge in [0.1, 0.15) is 0 Å². The Bertz CT molecular complexity index is 928. The number of rotatable bonds is 8. The smallest absolute Gasteiger partial charge is 0.309 e. The van der Waals surface area contributed by atoms with Crippen molar-refractivity contribution in [3.05, 3.63) is 71.9 Å². The Balaban J connectivity index is 1.81. The number of hydrogen-bond donors (Lipinski definition) is 2. The molecule has 2 aromatic carbocycles. The monoisotopic (exact) mass is 377 g/mol. The normalized spacial score (nSPS) is 11.5. The molecule has 1 aromatic heterocycles. The summed E-state index contributed by atoms with van der Waals surface area (Å²) in [5, 5.41) is 17.5. The van der Waals surface area contributed by atoms with Gasteiger partial charge in [-0.25, -0.2) is 4.68 Å². The van der Waals surface area contributed by atoms with Gasteiger partial charge in [-0.05, 0) is 45.9 Å². The maximum atomic E-state index is 11.3. The van der Waals surface area contributed by atoms with Crippen LogP contribution in [0.15, 0.2) is 60.8 Å². The van der Waals surface area contributed by atoms with Crippen molar-refractivity contribution >= 4 is 5.97 Å². The van der Waals surface area contributed by atoms with Crippen molar-refractivity contribution in [2.24, 2.45) is 5.41 Å². The summed E-state index contributed by atoms with van der Waals surface area (Å²) >= 11 is 0. The molecular weight excluding hydrogens is 350 g/mol. The lowest BCUT2D eigenvalue weighted by Gasteiger charge is -2.18. The number of aryl methyl sites for hydroxylation is 1. The highest BCUT2D eigenvalue weighted by atomic mass is 16.4. The SMILES string of the molecule is Cc1ccc(-c2nn(-c3ccccc3)cc2CNCCC(C)(C)C(=O)O)cc1. The van der Waals surface area contributed by atoms with Crippen molar-refractivity contribution < 1.29 is 9.90 Å². The molecule has 0 aliphatic heterocycles. The van der Waals surface area contributed by atoms with Gasteiger partial charge in [-0.15, -0.1) is 0 Å². The lowest BCUT2D eigenvalue weighted by Crippen LogP contribution is -2.28. The van der Waals surface area contributed by atoms with E-state index >= 15 is 0 Å². The third kappa shape index (κ3) is 4.67. The average molecular weight is 377 g/mol. The molecule has 0 amide bonds. The van der Waals surface area contributed by atoms with Gasteiger partial charge in [0.25, 0.3) is 0 Å². The molecule has 0 aliphatic carbocycles. The van der Waals surface area contributed by atoms with E-state index in [-0.39, 0.29) is 0 Å². The van der Waals surface area contributed by atoms with E-state index in [1.54, 1.807) is 13.8 Å². The van der Waals surface area contributed by atoms with E-state index < -0.39 is 11.4 Å². The molecule has 28 heavy (non-hydrogen) atoms. The molecule has 0 radical (unpaired) electrons. The highest BCUT2D eigenvalue weighted by Gasteiger charge is 2.26. The maximum absolute atomic E-state index is 11.3. The standard InChI is InChI=1S/C23H27N3O2/c1-17-9-11-18(12-10-17)21-19(15-24-14-13-23(2,3)22(27)28)16-26(25-21)20-7-5-4-6-8-20/h4-12,16,24H,13-15H2,1-3H3,(H,27,28). The first-order valence-corrected chi connectivity index (χ1v) is 9.52. The fourth-order valence-electron chi connectivity index (χ4n) is 2.94. The highest BCUT2D eigenvalue weighted by molar-refractivity contribution is 5.73. The summed E-state index contributed by atoms with van der Waals surface area (Å²) in [4.78, 5) is 11.3. The van der Waals surface area contributed by atoms with Gasteiger partial charge in [0.15, 0.2) is 0 Å². The molecule has 0 fully saturated rings. The topological polar surface area (TPSA) is 67.2 Å². The Morgan fingerprint density at radius 1 is 1.11 bits per heavy atom. The molecule has 3 rings (SSSR count). The van der Waals surface area contributed by atoms with Crippen LogP contribution in [0.2, 0.25) is 0 Å². The number of para-hydroxylation sites is 1. The highest BCUT2D eigenvalue weighted by Crippen LogP contribution is 2.25. The summed E-state index contributed by atoms with van der Waals surface area (Å²) < 4.78 is 1.90.